The topological polar surface area (TPSA) is 95.0 Å². The fourth-order valence-electron chi connectivity index (χ4n) is 4.61. The van der Waals surface area contributed by atoms with E-state index in [4.69, 9.17) is 4.74 Å². The summed E-state index contributed by atoms with van der Waals surface area (Å²) in [5, 5.41) is 13.5. The van der Waals surface area contributed by atoms with Crippen molar-refractivity contribution in [2.75, 3.05) is 23.3 Å². The van der Waals surface area contributed by atoms with E-state index >= 15 is 0 Å². The highest BCUT2D eigenvalue weighted by atomic mass is 32.1. The van der Waals surface area contributed by atoms with Crippen LogP contribution in [0, 0.1) is 6.92 Å². The van der Waals surface area contributed by atoms with Gasteiger partial charge in [0, 0.05) is 19.3 Å². The molecule has 4 heterocycles. The average molecular weight is 487 g/mol. The quantitative estimate of drug-likeness (QED) is 0.409. The lowest BCUT2D eigenvalue weighted by Crippen LogP contribution is -2.35. The van der Waals surface area contributed by atoms with E-state index in [9.17, 15) is 14.7 Å². The van der Waals surface area contributed by atoms with E-state index < -0.39 is 6.10 Å². The Labute approximate surface area is 205 Å². The van der Waals surface area contributed by atoms with Crippen LogP contribution >= 0.6 is 11.3 Å². The summed E-state index contributed by atoms with van der Waals surface area (Å²) < 4.78 is 5.94. The van der Waals surface area contributed by atoms with Crippen LogP contribution in [0.15, 0.2) is 60.8 Å². The van der Waals surface area contributed by atoms with Gasteiger partial charge in [-0.1, -0.05) is 18.2 Å². The first-order valence-corrected chi connectivity index (χ1v) is 12.1. The number of aliphatic hydroxyl groups excluding tert-OH is 1. The van der Waals surface area contributed by atoms with E-state index in [0.29, 0.717) is 52.0 Å². The molecule has 2 N–H and O–H groups in total. The van der Waals surface area contributed by atoms with Crippen LogP contribution in [-0.2, 0) is 0 Å². The van der Waals surface area contributed by atoms with Crippen molar-refractivity contribution >= 4 is 50.6 Å². The Hall–Kier alpha value is -3.95. The molecule has 0 spiro atoms. The molecule has 4 aromatic rings. The number of ether oxygens (including phenoxy) is 1. The summed E-state index contributed by atoms with van der Waals surface area (Å²) in [6.07, 6.45) is 1.69. The molecular formula is C26H22N4O4S. The Morgan fingerprint density at radius 3 is 2.71 bits per heavy atom. The number of pyridine rings is 1. The van der Waals surface area contributed by atoms with E-state index in [1.165, 1.54) is 11.3 Å². The molecule has 1 unspecified atom stereocenters. The number of aryl methyl sites for hydroxylation is 1. The van der Waals surface area contributed by atoms with Crippen LogP contribution in [-0.4, -0.2) is 46.1 Å². The predicted molar refractivity (Wildman–Crippen MR) is 135 cm³/mol. The lowest BCUT2D eigenvalue weighted by atomic mass is 10.1. The number of rotatable bonds is 4. The van der Waals surface area contributed by atoms with Gasteiger partial charge in [-0.3, -0.25) is 9.69 Å². The molecule has 2 aromatic carbocycles. The Bertz CT molecular complexity index is 1470. The molecular weight excluding hydrogens is 464 g/mol. The highest BCUT2D eigenvalue weighted by Crippen LogP contribution is 2.47. The number of likely N-dealkylation sites (tertiary alicyclic amines) is 1. The molecule has 3 amide bonds. The molecule has 0 radical (unpaired) electrons. The van der Waals surface area contributed by atoms with Crippen molar-refractivity contribution in [2.45, 2.75) is 19.4 Å². The molecule has 2 aromatic heterocycles. The van der Waals surface area contributed by atoms with Crippen molar-refractivity contribution in [2.24, 2.45) is 0 Å². The molecule has 2 aliphatic rings. The maximum absolute atomic E-state index is 13.4. The van der Waals surface area contributed by atoms with Crippen LogP contribution in [0.4, 0.5) is 21.9 Å². The Balaban J connectivity index is 1.38. The molecule has 1 saturated heterocycles. The first-order valence-electron chi connectivity index (χ1n) is 11.3. The largest absolute Gasteiger partial charge is 0.457 e. The minimum Gasteiger partial charge on any atom is -0.457 e. The normalized spacial score (nSPS) is 17.1. The number of thiophene rings is 1. The fourth-order valence-corrected chi connectivity index (χ4v) is 5.70. The van der Waals surface area contributed by atoms with E-state index in [0.717, 1.165) is 16.7 Å². The number of amides is 3. The zero-order valence-corrected chi connectivity index (χ0v) is 19.7. The van der Waals surface area contributed by atoms with Gasteiger partial charge in [-0.25, -0.2) is 9.78 Å². The second-order valence-corrected chi connectivity index (χ2v) is 9.64. The summed E-state index contributed by atoms with van der Waals surface area (Å²) in [7, 11) is 0. The van der Waals surface area contributed by atoms with Gasteiger partial charge in [0.05, 0.1) is 28.6 Å². The molecule has 35 heavy (non-hydrogen) atoms. The van der Waals surface area contributed by atoms with Crippen LogP contribution in [0.2, 0.25) is 0 Å². The molecule has 0 bridgehead atoms. The van der Waals surface area contributed by atoms with E-state index in [2.05, 4.69) is 10.3 Å². The molecule has 6 rings (SSSR count). The van der Waals surface area contributed by atoms with E-state index in [1.54, 1.807) is 22.1 Å². The summed E-state index contributed by atoms with van der Waals surface area (Å²) in [6.45, 7) is 2.71. The van der Waals surface area contributed by atoms with Gasteiger partial charge < -0.3 is 20.1 Å². The zero-order chi connectivity index (χ0) is 24.1. The van der Waals surface area contributed by atoms with Crippen LogP contribution in [0.5, 0.6) is 11.5 Å². The lowest BCUT2D eigenvalue weighted by molar-refractivity contribution is 0.0770. The lowest BCUT2D eigenvalue weighted by Gasteiger charge is -2.29. The van der Waals surface area contributed by atoms with E-state index in [1.807, 2.05) is 55.5 Å². The molecule has 8 nitrogen and oxygen atoms in total. The van der Waals surface area contributed by atoms with Crippen LogP contribution in [0.1, 0.15) is 21.7 Å². The van der Waals surface area contributed by atoms with E-state index in [-0.39, 0.29) is 11.9 Å². The minimum atomic E-state index is -0.514. The van der Waals surface area contributed by atoms with Crippen molar-refractivity contribution < 1.29 is 19.4 Å². The SMILES string of the molecule is Cc1cc(Oc2ccccc2)ccc1N1C(=O)Nc2c(C(=O)N3CCC(O)C3)sc3nccc1c23. The molecule has 0 aliphatic carbocycles. The number of carbonyl (C=O) groups excluding carboxylic acids is 2. The van der Waals surface area contributed by atoms with Gasteiger partial charge in [-0.15, -0.1) is 11.3 Å². The number of nitrogens with zero attached hydrogens (tertiary/aromatic N) is 3. The molecule has 176 valence electrons. The summed E-state index contributed by atoms with van der Waals surface area (Å²) >= 11 is 1.26. The maximum atomic E-state index is 13.4. The van der Waals surface area contributed by atoms with Gasteiger partial charge >= 0.3 is 6.03 Å². The highest BCUT2D eigenvalue weighted by Gasteiger charge is 2.35. The number of aromatic nitrogens is 1. The predicted octanol–water partition coefficient (Wildman–Crippen LogP) is 5.29. The minimum absolute atomic E-state index is 0.196. The number of hydrogen-bond acceptors (Lipinski definition) is 6. The average Bonchev–Trinajstić information content (AvgIpc) is 3.45. The monoisotopic (exact) mass is 486 g/mol. The Kier molecular flexibility index (Phi) is 5.16. The number of urea groups is 1. The summed E-state index contributed by atoms with van der Waals surface area (Å²) in [5.74, 6) is 1.21. The maximum Gasteiger partial charge on any atom is 0.331 e. The van der Waals surface area contributed by atoms with Crippen molar-refractivity contribution in [3.8, 4) is 11.5 Å². The smallest absolute Gasteiger partial charge is 0.331 e. The standard InChI is InChI=1S/C26H22N4O4S/c1-15-13-18(34-17-5-3-2-4-6-17)7-8-19(15)30-20-9-11-27-24-21(20)22(28-26(30)33)23(35-24)25(32)29-12-10-16(31)14-29/h2-9,11,13,16,31H,10,12,14H2,1H3,(H,28,33). The number of aliphatic hydroxyl groups is 1. The number of para-hydroxylation sites is 1. The third-order valence-corrected chi connectivity index (χ3v) is 7.36. The number of nitrogens with one attached hydrogen (secondary N) is 1. The molecule has 1 atom stereocenters. The van der Waals surface area contributed by atoms with Gasteiger partial charge in [-0.2, -0.15) is 0 Å². The van der Waals surface area contributed by atoms with Gasteiger partial charge in [0.1, 0.15) is 21.2 Å². The van der Waals surface area contributed by atoms with Crippen molar-refractivity contribution in [1.29, 1.82) is 0 Å². The van der Waals surface area contributed by atoms with Crippen molar-refractivity contribution in [3.05, 3.63) is 71.2 Å². The molecule has 2 aliphatic heterocycles. The number of β-amino-alcohol motifs (C(OH)–C–C–N with tert-alkyl or cyclic N) is 1. The first-order chi connectivity index (χ1) is 17.0. The Morgan fingerprint density at radius 1 is 1.14 bits per heavy atom. The number of benzene rings is 2. The molecule has 9 heteroatoms. The number of anilines is 3. The second kappa shape index (κ2) is 8.37. The summed E-state index contributed by atoms with van der Waals surface area (Å²) in [5.41, 5.74) is 2.73. The summed E-state index contributed by atoms with van der Waals surface area (Å²) in [6, 6.07) is 16.5. The van der Waals surface area contributed by atoms with Crippen LogP contribution in [0.3, 0.4) is 0 Å². The van der Waals surface area contributed by atoms with Crippen LogP contribution < -0.4 is 15.0 Å². The number of hydrogen-bond donors (Lipinski definition) is 2. The number of carbonyl (C=O) groups is 2. The fraction of sp³-hybridized carbons (Fsp3) is 0.192. The first kappa shape index (κ1) is 21.6. The Morgan fingerprint density at radius 2 is 1.97 bits per heavy atom. The van der Waals surface area contributed by atoms with Crippen LogP contribution in [0.25, 0.3) is 10.2 Å². The zero-order valence-electron chi connectivity index (χ0n) is 18.9. The third-order valence-electron chi connectivity index (χ3n) is 6.28. The third kappa shape index (κ3) is 3.69. The molecule has 0 saturated carbocycles. The second-order valence-electron chi connectivity index (χ2n) is 8.64. The molecule has 1 fully saturated rings. The highest BCUT2D eigenvalue weighted by molar-refractivity contribution is 7.21. The van der Waals surface area contributed by atoms with Gasteiger partial charge in [-0.05, 0) is 55.3 Å². The van der Waals surface area contributed by atoms with Crippen molar-refractivity contribution in [3.63, 3.8) is 0 Å². The van der Waals surface area contributed by atoms with Gasteiger partial charge in [0.15, 0.2) is 0 Å². The summed E-state index contributed by atoms with van der Waals surface area (Å²) in [4.78, 5) is 35.4. The van der Waals surface area contributed by atoms with Gasteiger partial charge in [0.25, 0.3) is 5.91 Å². The van der Waals surface area contributed by atoms with Gasteiger partial charge in [0.2, 0.25) is 0 Å². The van der Waals surface area contributed by atoms with Crippen molar-refractivity contribution in [1.82, 2.24) is 9.88 Å².